The predicted octanol–water partition coefficient (Wildman–Crippen LogP) is 2.49. The van der Waals surface area contributed by atoms with E-state index in [1.807, 2.05) is 0 Å². The highest BCUT2D eigenvalue weighted by Crippen LogP contribution is 2.36. The van der Waals surface area contributed by atoms with Gasteiger partial charge in [0.05, 0.1) is 16.6 Å². The largest absolute Gasteiger partial charge is 0.423 e. The molecule has 0 amide bonds. The lowest BCUT2D eigenvalue weighted by molar-refractivity contribution is -0.388. The molecule has 0 heterocycles. The molecule has 0 saturated carbocycles. The Kier molecular flexibility index (Phi) is 2.61. The number of rotatable bonds is 1. The van der Waals surface area contributed by atoms with Crippen molar-refractivity contribution in [2.45, 2.75) is 6.18 Å². The Morgan fingerprint density at radius 2 is 2.00 bits per heavy atom. The van der Waals surface area contributed by atoms with Gasteiger partial charge >= 0.3 is 6.18 Å². The van der Waals surface area contributed by atoms with Crippen LogP contribution >= 0.6 is 0 Å². The summed E-state index contributed by atoms with van der Waals surface area (Å²) in [6.45, 7) is 0. The fraction of sp³-hybridized carbons (Fsp3) is 0.125. The Morgan fingerprint density at radius 1 is 1.40 bits per heavy atom. The summed E-state index contributed by atoms with van der Waals surface area (Å²) < 4.78 is 36.9. The first-order valence-corrected chi connectivity index (χ1v) is 3.62. The molecule has 0 aliphatic rings. The van der Waals surface area contributed by atoms with Gasteiger partial charge in [0.1, 0.15) is 5.56 Å². The van der Waals surface area contributed by atoms with Crippen LogP contribution in [0.3, 0.4) is 0 Å². The van der Waals surface area contributed by atoms with Gasteiger partial charge in [-0.25, -0.2) is 0 Å². The smallest absolute Gasteiger partial charge is 0.258 e. The summed E-state index contributed by atoms with van der Waals surface area (Å²) >= 11 is 0. The number of hydrogen-bond acceptors (Lipinski definition) is 3. The second-order valence-electron chi connectivity index (χ2n) is 2.60. The molecule has 0 N–H and O–H groups in total. The number of benzene rings is 1. The van der Waals surface area contributed by atoms with E-state index in [1.165, 1.54) is 6.07 Å². The highest BCUT2D eigenvalue weighted by atomic mass is 19.4. The maximum Gasteiger partial charge on any atom is 0.423 e. The minimum absolute atomic E-state index is 0.270. The molecule has 15 heavy (non-hydrogen) atoms. The van der Waals surface area contributed by atoms with Gasteiger partial charge in [0.15, 0.2) is 0 Å². The highest BCUT2D eigenvalue weighted by Gasteiger charge is 2.38. The van der Waals surface area contributed by atoms with Gasteiger partial charge in [0.2, 0.25) is 0 Å². The highest BCUT2D eigenvalue weighted by molar-refractivity contribution is 5.47. The number of nitriles is 1. The molecule has 0 aliphatic heterocycles. The summed E-state index contributed by atoms with van der Waals surface area (Å²) in [6, 6.07) is 3.57. The molecule has 0 spiro atoms. The maximum absolute atomic E-state index is 12.3. The van der Waals surface area contributed by atoms with Crippen LogP contribution in [0.4, 0.5) is 18.9 Å². The lowest BCUT2D eigenvalue weighted by atomic mass is 10.1. The standard InChI is InChI=1S/C8H3F3N2O2/c9-8(10,11)6-3-5(4-12)1-2-7(6)13(14)15/h1-3H. The molecule has 0 unspecified atom stereocenters. The summed E-state index contributed by atoms with van der Waals surface area (Å²) in [5.74, 6) is 0. The third-order valence-electron chi connectivity index (χ3n) is 1.63. The first-order valence-electron chi connectivity index (χ1n) is 3.62. The van der Waals surface area contributed by atoms with Crippen LogP contribution < -0.4 is 0 Å². The average Bonchev–Trinajstić information content (AvgIpc) is 2.15. The topological polar surface area (TPSA) is 66.9 Å². The number of alkyl halides is 3. The second-order valence-corrected chi connectivity index (χ2v) is 2.60. The van der Waals surface area contributed by atoms with Crippen molar-refractivity contribution in [3.63, 3.8) is 0 Å². The zero-order chi connectivity index (χ0) is 11.6. The van der Waals surface area contributed by atoms with Gasteiger partial charge in [-0.15, -0.1) is 0 Å². The molecule has 78 valence electrons. The average molecular weight is 216 g/mol. The van der Waals surface area contributed by atoms with Crippen LogP contribution in [-0.2, 0) is 6.18 Å². The van der Waals surface area contributed by atoms with Gasteiger partial charge in [-0.1, -0.05) is 0 Å². The van der Waals surface area contributed by atoms with E-state index in [1.54, 1.807) is 0 Å². The number of hydrogen-bond donors (Lipinski definition) is 0. The molecule has 1 aromatic carbocycles. The molecule has 0 fully saturated rings. The molecule has 4 nitrogen and oxygen atoms in total. The van der Waals surface area contributed by atoms with Gasteiger partial charge in [0, 0.05) is 6.07 Å². The van der Waals surface area contributed by atoms with Crippen LogP contribution in [-0.4, -0.2) is 4.92 Å². The van der Waals surface area contributed by atoms with E-state index in [0.29, 0.717) is 12.1 Å². The van der Waals surface area contributed by atoms with Crippen molar-refractivity contribution >= 4 is 5.69 Å². The van der Waals surface area contributed by atoms with Crippen LogP contribution in [0, 0.1) is 21.4 Å². The van der Waals surface area contributed by atoms with E-state index in [4.69, 9.17) is 5.26 Å². The molecule has 0 radical (unpaired) electrons. The Bertz CT molecular complexity index is 448. The molecule has 0 atom stereocenters. The Balaban J connectivity index is 3.44. The van der Waals surface area contributed by atoms with Crippen molar-refractivity contribution in [2.75, 3.05) is 0 Å². The van der Waals surface area contributed by atoms with Gasteiger partial charge in [-0.2, -0.15) is 18.4 Å². The van der Waals surface area contributed by atoms with Crippen molar-refractivity contribution in [1.29, 1.82) is 5.26 Å². The Morgan fingerprint density at radius 3 is 2.40 bits per heavy atom. The summed E-state index contributed by atoms with van der Waals surface area (Å²) in [5.41, 5.74) is -2.74. The van der Waals surface area contributed by atoms with Crippen LogP contribution in [0.1, 0.15) is 11.1 Å². The molecule has 1 aromatic rings. The van der Waals surface area contributed by atoms with E-state index in [9.17, 15) is 23.3 Å². The maximum atomic E-state index is 12.3. The molecular weight excluding hydrogens is 213 g/mol. The number of nitro benzene ring substituents is 1. The molecule has 0 saturated heterocycles. The lowest BCUT2D eigenvalue weighted by Crippen LogP contribution is -2.09. The fourth-order valence-corrected chi connectivity index (χ4v) is 0.992. The van der Waals surface area contributed by atoms with E-state index < -0.39 is 22.4 Å². The van der Waals surface area contributed by atoms with Crippen molar-refractivity contribution in [3.8, 4) is 6.07 Å². The van der Waals surface area contributed by atoms with Crippen molar-refractivity contribution < 1.29 is 18.1 Å². The number of halogens is 3. The molecular formula is C8H3F3N2O2. The third-order valence-corrected chi connectivity index (χ3v) is 1.63. The minimum Gasteiger partial charge on any atom is -0.258 e. The first-order chi connectivity index (χ1) is 6.86. The van der Waals surface area contributed by atoms with E-state index in [-0.39, 0.29) is 5.56 Å². The summed E-state index contributed by atoms with van der Waals surface area (Å²) in [5, 5.41) is 18.7. The number of nitrogens with zero attached hydrogens (tertiary/aromatic N) is 2. The minimum atomic E-state index is -4.84. The van der Waals surface area contributed by atoms with E-state index in [2.05, 4.69) is 0 Å². The Labute approximate surface area is 81.7 Å². The predicted molar refractivity (Wildman–Crippen MR) is 42.8 cm³/mol. The lowest BCUT2D eigenvalue weighted by Gasteiger charge is -2.06. The SMILES string of the molecule is N#Cc1ccc([N+](=O)[O-])c(C(F)(F)F)c1. The van der Waals surface area contributed by atoms with Crippen LogP contribution in [0.15, 0.2) is 18.2 Å². The summed E-state index contributed by atoms with van der Waals surface area (Å²) in [7, 11) is 0. The molecule has 1 rings (SSSR count). The normalized spacial score (nSPS) is 10.8. The third kappa shape index (κ3) is 2.22. The van der Waals surface area contributed by atoms with Crippen LogP contribution in [0.5, 0.6) is 0 Å². The van der Waals surface area contributed by atoms with Gasteiger partial charge in [-0.3, -0.25) is 10.1 Å². The van der Waals surface area contributed by atoms with E-state index >= 15 is 0 Å². The molecule has 0 aromatic heterocycles. The number of nitro groups is 1. The van der Waals surface area contributed by atoms with Crippen molar-refractivity contribution in [2.24, 2.45) is 0 Å². The zero-order valence-electron chi connectivity index (χ0n) is 7.08. The monoisotopic (exact) mass is 216 g/mol. The summed E-state index contributed by atoms with van der Waals surface area (Å²) in [6.07, 6.45) is -4.84. The van der Waals surface area contributed by atoms with Gasteiger partial charge in [0.25, 0.3) is 5.69 Å². The first kappa shape index (κ1) is 11.0. The van der Waals surface area contributed by atoms with Crippen molar-refractivity contribution in [3.05, 3.63) is 39.4 Å². The molecule has 0 bridgehead atoms. The van der Waals surface area contributed by atoms with Gasteiger partial charge in [-0.05, 0) is 12.1 Å². The summed E-state index contributed by atoms with van der Waals surface area (Å²) in [4.78, 5) is 9.16. The fourth-order valence-electron chi connectivity index (χ4n) is 0.992. The van der Waals surface area contributed by atoms with Gasteiger partial charge < -0.3 is 0 Å². The van der Waals surface area contributed by atoms with Crippen molar-refractivity contribution in [1.82, 2.24) is 0 Å². The molecule has 0 aliphatic carbocycles. The van der Waals surface area contributed by atoms with Crippen LogP contribution in [0.2, 0.25) is 0 Å². The second kappa shape index (κ2) is 3.57. The molecule has 7 heteroatoms. The quantitative estimate of drug-likeness (QED) is 0.534. The van der Waals surface area contributed by atoms with Crippen LogP contribution in [0.25, 0.3) is 0 Å². The Hall–Kier alpha value is -2.10. The van der Waals surface area contributed by atoms with E-state index in [0.717, 1.165) is 6.07 Å². The zero-order valence-corrected chi connectivity index (χ0v) is 7.08.